The Hall–Kier alpha value is -8.94. The van der Waals surface area contributed by atoms with Crippen molar-refractivity contribution in [2.24, 2.45) is 10.9 Å². The summed E-state index contributed by atoms with van der Waals surface area (Å²) in [4.78, 5) is 100. The second kappa shape index (κ2) is 25.0. The minimum atomic E-state index is -0.925. The van der Waals surface area contributed by atoms with E-state index in [4.69, 9.17) is 28.7 Å². The van der Waals surface area contributed by atoms with Crippen molar-refractivity contribution < 1.29 is 57.2 Å². The van der Waals surface area contributed by atoms with Crippen LogP contribution in [0.15, 0.2) is 102 Å². The van der Waals surface area contributed by atoms with Gasteiger partial charge in [0.25, 0.3) is 23.6 Å². The molecule has 5 aliphatic heterocycles. The van der Waals surface area contributed by atoms with E-state index in [0.717, 1.165) is 32.9 Å². The first-order valence-corrected chi connectivity index (χ1v) is 27.3. The monoisotopic (exact) mass is 1100 g/mol. The number of methoxy groups -OCH3 is 3. The maximum Gasteiger partial charge on any atom is 0.260 e. The number of unbranched alkanes of at least 4 members (excludes halogenated alkanes) is 2. The average Bonchev–Trinajstić information content (AvgIpc) is 4.18. The number of imide groups is 1. The van der Waals surface area contributed by atoms with E-state index in [-0.39, 0.29) is 79.8 Å². The highest BCUT2D eigenvalue weighted by molar-refractivity contribution is 6.13. The van der Waals surface area contributed by atoms with Gasteiger partial charge < -0.3 is 54.8 Å². The maximum atomic E-state index is 14.1. The van der Waals surface area contributed by atoms with E-state index in [9.17, 15) is 33.6 Å². The van der Waals surface area contributed by atoms with Crippen molar-refractivity contribution in [3.05, 3.63) is 120 Å². The van der Waals surface area contributed by atoms with Crippen LogP contribution in [0, 0.1) is 5.92 Å². The van der Waals surface area contributed by atoms with E-state index in [1.54, 1.807) is 76.4 Å². The van der Waals surface area contributed by atoms with Gasteiger partial charge in [-0.25, -0.2) is 0 Å². The number of hydrogen-bond acceptors (Lipinski definition) is 14. The summed E-state index contributed by atoms with van der Waals surface area (Å²) >= 11 is 0. The van der Waals surface area contributed by atoms with Gasteiger partial charge in [0, 0.05) is 80.4 Å². The average molecular weight is 1110 g/mol. The molecule has 0 saturated heterocycles. The van der Waals surface area contributed by atoms with E-state index >= 15 is 0 Å². The molecule has 5 atom stereocenters. The smallest absolute Gasteiger partial charge is 0.260 e. The Kier molecular flexibility index (Phi) is 17.5. The van der Waals surface area contributed by atoms with Crippen molar-refractivity contribution in [3.8, 4) is 28.7 Å². The summed E-state index contributed by atoms with van der Waals surface area (Å²) < 4.78 is 29.2. The Morgan fingerprint density at radius 2 is 1.30 bits per heavy atom. The quantitative estimate of drug-likeness (QED) is 0.0413. The summed E-state index contributed by atoms with van der Waals surface area (Å²) in [5.74, 6) is -0.0930. The molecule has 4 N–H and O–H groups in total. The number of carbonyl (C=O) groups is 7. The van der Waals surface area contributed by atoms with Gasteiger partial charge in [-0.3, -0.25) is 43.5 Å². The number of ether oxygens (including phenoxy) is 5. The SMILES string of the molecule is COc1ccc(C2=CN3C(=O)c4cc(OC)c(OCCCOc5cc6c(cc5OC)C(=O)N5C=C(c7ccc(NC(=O)[C@H](C)NC(=O)C(NC(=O)CCCCCN8C(=O)C=CC8=O)C(C)C)cc7)C[C@H]5C=N6)cc4NC(C)[C@@H]3C2)cc1. The molecule has 4 aromatic carbocycles. The van der Waals surface area contributed by atoms with Crippen molar-refractivity contribution in [3.63, 3.8) is 0 Å². The number of carbonyl (C=O) groups excluding carboxylic acids is 7. The summed E-state index contributed by atoms with van der Waals surface area (Å²) in [5, 5.41) is 11.9. The van der Waals surface area contributed by atoms with Crippen LogP contribution in [-0.4, -0.2) is 134 Å². The van der Waals surface area contributed by atoms with Crippen LogP contribution in [-0.2, 0) is 24.0 Å². The molecular formula is C61H68N8O12. The van der Waals surface area contributed by atoms with Gasteiger partial charge >= 0.3 is 0 Å². The largest absolute Gasteiger partial charge is 0.497 e. The van der Waals surface area contributed by atoms with Crippen LogP contribution < -0.4 is 45.0 Å². The molecule has 424 valence electrons. The minimum Gasteiger partial charge on any atom is -0.497 e. The van der Waals surface area contributed by atoms with Crippen molar-refractivity contribution in [2.45, 2.75) is 103 Å². The van der Waals surface area contributed by atoms with E-state index in [1.807, 2.05) is 59.8 Å². The van der Waals surface area contributed by atoms with Crippen LogP contribution in [0.5, 0.6) is 28.7 Å². The zero-order valence-electron chi connectivity index (χ0n) is 46.5. The lowest BCUT2D eigenvalue weighted by Crippen LogP contribution is -2.53. The van der Waals surface area contributed by atoms with Gasteiger partial charge in [0.15, 0.2) is 23.0 Å². The first-order chi connectivity index (χ1) is 39.0. The first-order valence-electron chi connectivity index (χ1n) is 27.3. The zero-order chi connectivity index (χ0) is 57.5. The van der Waals surface area contributed by atoms with E-state index in [1.165, 1.54) is 19.3 Å². The minimum absolute atomic E-state index is 0.0622. The molecule has 0 radical (unpaired) electrons. The molecule has 9 rings (SSSR count). The van der Waals surface area contributed by atoms with Crippen LogP contribution in [0.3, 0.4) is 0 Å². The van der Waals surface area contributed by atoms with Crippen LogP contribution >= 0.6 is 0 Å². The number of aliphatic imine (C=N–C) groups is 1. The number of anilines is 2. The fourth-order valence-corrected chi connectivity index (χ4v) is 10.4. The van der Waals surface area contributed by atoms with E-state index in [0.29, 0.717) is 89.7 Å². The molecule has 0 bridgehead atoms. The predicted octanol–water partition coefficient (Wildman–Crippen LogP) is 7.67. The molecule has 7 amide bonds. The van der Waals surface area contributed by atoms with Crippen molar-refractivity contribution in [1.29, 1.82) is 0 Å². The number of nitrogens with zero attached hydrogens (tertiary/aromatic N) is 4. The van der Waals surface area contributed by atoms with Crippen LogP contribution in [0.4, 0.5) is 17.1 Å². The predicted molar refractivity (Wildman–Crippen MR) is 305 cm³/mol. The Balaban J connectivity index is 0.744. The van der Waals surface area contributed by atoms with Gasteiger partial charge in [-0.05, 0) is 97.7 Å². The molecule has 20 heteroatoms. The van der Waals surface area contributed by atoms with Crippen LogP contribution in [0.2, 0.25) is 0 Å². The molecule has 5 aliphatic rings. The number of amides is 7. The number of rotatable bonds is 23. The molecule has 0 spiro atoms. The van der Waals surface area contributed by atoms with Gasteiger partial charge in [-0.1, -0.05) is 44.5 Å². The fraction of sp³-hybridized carbons (Fsp3) is 0.377. The van der Waals surface area contributed by atoms with Gasteiger partial charge in [0.2, 0.25) is 17.7 Å². The third-order valence-electron chi connectivity index (χ3n) is 15.0. The second-order valence-electron chi connectivity index (χ2n) is 20.9. The number of nitrogens with one attached hydrogen (secondary N) is 4. The Morgan fingerprint density at radius 3 is 1.95 bits per heavy atom. The van der Waals surface area contributed by atoms with Gasteiger partial charge in [-0.15, -0.1) is 0 Å². The number of hydrogen-bond donors (Lipinski definition) is 4. The van der Waals surface area contributed by atoms with Crippen LogP contribution in [0.25, 0.3) is 11.1 Å². The summed E-state index contributed by atoms with van der Waals surface area (Å²) in [6.45, 7) is 8.05. The third-order valence-corrected chi connectivity index (χ3v) is 15.0. The van der Waals surface area contributed by atoms with Gasteiger partial charge in [-0.2, -0.15) is 0 Å². The highest BCUT2D eigenvalue weighted by Crippen LogP contribution is 2.43. The normalized spacial score (nSPS) is 18.6. The molecular weight excluding hydrogens is 1040 g/mol. The summed E-state index contributed by atoms with van der Waals surface area (Å²) in [6, 6.07) is 19.6. The number of benzene rings is 4. The molecule has 5 heterocycles. The van der Waals surface area contributed by atoms with Crippen LogP contribution in [0.1, 0.15) is 104 Å². The lowest BCUT2D eigenvalue weighted by atomic mass is 9.99. The highest BCUT2D eigenvalue weighted by Gasteiger charge is 2.39. The van der Waals surface area contributed by atoms with Crippen molar-refractivity contribution in [2.75, 3.05) is 51.7 Å². The lowest BCUT2D eigenvalue weighted by molar-refractivity contribution is -0.137. The topological polar surface area (TPSA) is 236 Å². The summed E-state index contributed by atoms with van der Waals surface area (Å²) in [5.41, 5.74) is 6.30. The summed E-state index contributed by atoms with van der Waals surface area (Å²) in [6.07, 6.45) is 11.5. The highest BCUT2D eigenvalue weighted by atomic mass is 16.5. The molecule has 81 heavy (non-hydrogen) atoms. The fourth-order valence-electron chi connectivity index (χ4n) is 10.4. The molecule has 0 saturated carbocycles. The molecule has 0 fully saturated rings. The Morgan fingerprint density at radius 1 is 0.679 bits per heavy atom. The van der Waals surface area contributed by atoms with E-state index in [2.05, 4.69) is 28.2 Å². The second-order valence-corrected chi connectivity index (χ2v) is 20.9. The molecule has 20 nitrogen and oxygen atoms in total. The Bertz CT molecular complexity index is 3210. The third kappa shape index (κ3) is 12.7. The molecule has 4 aromatic rings. The standard InChI is InChI=1S/C61H68N8O12/c1-35(2)57(66-54(70)12-9-8-10-23-67-55(71)21-22-56(67)72)59(74)64-37(4)58(73)65-42-17-13-38(14-18-42)40-26-43-32-62-47-30-52(50(78-6)28-45(47)60(75)68(43)33-40)80-24-11-25-81-53-31-48-46(29-51(53)79-7)61(76)69-34-41(27-49(69)36(3)63-48)39-15-19-44(77-5)20-16-39/h13-22,28-37,43,49,57,63H,8-12,23-27H2,1-7H3,(H,64,74)(H,65,73)(H,66,70)/t36?,37-,43-,49-,57?/m0/s1. The molecule has 0 aliphatic carbocycles. The van der Waals surface area contributed by atoms with Crippen molar-refractivity contribution >= 4 is 75.8 Å². The Labute approximate surface area is 470 Å². The van der Waals surface area contributed by atoms with Crippen molar-refractivity contribution in [1.82, 2.24) is 25.3 Å². The summed E-state index contributed by atoms with van der Waals surface area (Å²) in [7, 11) is 4.69. The van der Waals surface area contributed by atoms with Gasteiger partial charge in [0.1, 0.15) is 17.8 Å². The van der Waals surface area contributed by atoms with E-state index < -0.39 is 23.9 Å². The van der Waals surface area contributed by atoms with Gasteiger partial charge in [0.05, 0.1) is 69.1 Å². The lowest BCUT2D eigenvalue weighted by Gasteiger charge is -2.26. The molecule has 0 aromatic heterocycles. The molecule has 2 unspecified atom stereocenters. The number of fused-ring (bicyclic) bond motifs is 4. The maximum absolute atomic E-state index is 14.1. The first kappa shape index (κ1) is 56.8. The zero-order valence-corrected chi connectivity index (χ0v) is 46.5.